The summed E-state index contributed by atoms with van der Waals surface area (Å²) in [6, 6.07) is -0.266. The van der Waals surface area contributed by atoms with Gasteiger partial charge in [-0.05, 0) is 39.0 Å². The van der Waals surface area contributed by atoms with Gasteiger partial charge in [0.15, 0.2) is 0 Å². The first-order chi connectivity index (χ1) is 7.89. The third kappa shape index (κ3) is 3.91. The summed E-state index contributed by atoms with van der Waals surface area (Å²) in [7, 11) is 0. The molecular formula is C12H22N2O3. The molecule has 1 aliphatic carbocycles. The standard InChI is InChI=1S/C12H22N2O3/c1-4-7-12(3,10(15)16)14-11(17)13-8(2)9-5-6-9/h8-9H,4-7H2,1-3H3,(H,15,16)(H2,13,14,17). The van der Waals surface area contributed by atoms with Crippen LogP contribution in [0.3, 0.4) is 0 Å². The van der Waals surface area contributed by atoms with Crippen LogP contribution < -0.4 is 10.6 Å². The minimum absolute atomic E-state index is 0.120. The Morgan fingerprint density at radius 2 is 2.06 bits per heavy atom. The van der Waals surface area contributed by atoms with E-state index in [-0.39, 0.29) is 12.1 Å². The number of carboxylic acids is 1. The van der Waals surface area contributed by atoms with Crippen molar-refractivity contribution in [2.24, 2.45) is 5.92 Å². The summed E-state index contributed by atoms with van der Waals surface area (Å²) in [5, 5.41) is 14.5. The normalized spacial score (nSPS) is 20.2. The number of nitrogens with one attached hydrogen (secondary N) is 2. The van der Waals surface area contributed by atoms with Crippen molar-refractivity contribution in [1.82, 2.24) is 10.6 Å². The lowest BCUT2D eigenvalue weighted by molar-refractivity contribution is -0.144. The highest BCUT2D eigenvalue weighted by Crippen LogP contribution is 2.32. The van der Waals surface area contributed by atoms with Gasteiger partial charge in [-0.15, -0.1) is 0 Å². The van der Waals surface area contributed by atoms with Gasteiger partial charge in [0.25, 0.3) is 0 Å². The lowest BCUT2D eigenvalue weighted by atomic mass is 9.96. The van der Waals surface area contributed by atoms with E-state index in [1.165, 1.54) is 0 Å². The topological polar surface area (TPSA) is 78.4 Å². The van der Waals surface area contributed by atoms with Gasteiger partial charge >= 0.3 is 12.0 Å². The summed E-state index contributed by atoms with van der Waals surface area (Å²) >= 11 is 0. The van der Waals surface area contributed by atoms with E-state index in [0.717, 1.165) is 12.8 Å². The van der Waals surface area contributed by atoms with E-state index in [9.17, 15) is 9.59 Å². The van der Waals surface area contributed by atoms with Gasteiger partial charge in [0.05, 0.1) is 0 Å². The molecule has 0 aromatic rings. The van der Waals surface area contributed by atoms with Crippen LogP contribution in [-0.2, 0) is 4.79 Å². The molecule has 1 fully saturated rings. The molecule has 0 spiro atoms. The molecule has 1 saturated carbocycles. The Labute approximate surface area is 102 Å². The summed E-state index contributed by atoms with van der Waals surface area (Å²) in [4.78, 5) is 22.8. The number of rotatable bonds is 6. The largest absolute Gasteiger partial charge is 0.480 e. The Kier molecular flexibility index (Phi) is 4.37. The zero-order chi connectivity index (χ0) is 13.1. The molecule has 0 saturated heterocycles. The summed E-state index contributed by atoms with van der Waals surface area (Å²) < 4.78 is 0. The van der Waals surface area contributed by atoms with Crippen LogP contribution >= 0.6 is 0 Å². The second-order valence-corrected chi connectivity index (χ2v) is 5.11. The number of hydrogen-bond acceptors (Lipinski definition) is 2. The molecule has 0 aromatic carbocycles. The molecule has 2 amide bonds. The van der Waals surface area contributed by atoms with Crippen molar-refractivity contribution < 1.29 is 14.7 Å². The maximum atomic E-state index is 11.7. The number of hydrogen-bond donors (Lipinski definition) is 3. The van der Waals surface area contributed by atoms with Crippen molar-refractivity contribution in [3.8, 4) is 0 Å². The van der Waals surface area contributed by atoms with Crippen LogP contribution in [0.15, 0.2) is 0 Å². The zero-order valence-corrected chi connectivity index (χ0v) is 10.7. The molecule has 2 atom stereocenters. The number of aliphatic carboxylic acids is 1. The first-order valence-corrected chi connectivity index (χ1v) is 6.21. The molecule has 0 aliphatic heterocycles. The van der Waals surface area contributed by atoms with E-state index in [4.69, 9.17) is 5.11 Å². The molecule has 0 bridgehead atoms. The average Bonchev–Trinajstić information content (AvgIpc) is 2.99. The van der Waals surface area contributed by atoms with Crippen molar-refractivity contribution >= 4 is 12.0 Å². The number of amides is 2. The van der Waals surface area contributed by atoms with Crippen LogP contribution in [0.5, 0.6) is 0 Å². The van der Waals surface area contributed by atoms with Gasteiger partial charge in [0.1, 0.15) is 5.54 Å². The third-order valence-electron chi connectivity index (χ3n) is 3.30. The first-order valence-electron chi connectivity index (χ1n) is 6.21. The maximum absolute atomic E-state index is 11.7. The average molecular weight is 242 g/mol. The molecule has 1 rings (SSSR count). The van der Waals surface area contributed by atoms with Gasteiger partial charge in [0, 0.05) is 6.04 Å². The molecule has 0 aromatic heterocycles. The highest BCUT2D eigenvalue weighted by molar-refractivity contribution is 5.85. The van der Waals surface area contributed by atoms with Crippen molar-refractivity contribution in [3.63, 3.8) is 0 Å². The maximum Gasteiger partial charge on any atom is 0.329 e. The van der Waals surface area contributed by atoms with Crippen LogP contribution in [0.2, 0.25) is 0 Å². The van der Waals surface area contributed by atoms with Crippen molar-refractivity contribution in [3.05, 3.63) is 0 Å². The quantitative estimate of drug-likeness (QED) is 0.663. The number of carboxylic acid groups (broad SMARTS) is 1. The number of carbonyl (C=O) groups is 2. The summed E-state index contributed by atoms with van der Waals surface area (Å²) in [5.74, 6) is -0.434. The minimum atomic E-state index is -1.18. The van der Waals surface area contributed by atoms with E-state index in [0.29, 0.717) is 18.8 Å². The molecule has 98 valence electrons. The van der Waals surface area contributed by atoms with Crippen molar-refractivity contribution in [2.75, 3.05) is 0 Å². The number of carbonyl (C=O) groups excluding carboxylic acids is 1. The molecule has 3 N–H and O–H groups in total. The lowest BCUT2D eigenvalue weighted by Gasteiger charge is -2.27. The van der Waals surface area contributed by atoms with Gasteiger partial charge in [-0.3, -0.25) is 0 Å². The van der Waals surface area contributed by atoms with E-state index in [1.807, 2.05) is 13.8 Å². The molecule has 0 radical (unpaired) electrons. The molecule has 17 heavy (non-hydrogen) atoms. The zero-order valence-electron chi connectivity index (χ0n) is 10.7. The monoisotopic (exact) mass is 242 g/mol. The first kappa shape index (κ1) is 13.8. The Balaban J connectivity index is 2.48. The van der Waals surface area contributed by atoms with Crippen LogP contribution in [-0.4, -0.2) is 28.7 Å². The molecule has 1 aliphatic rings. The molecule has 5 heteroatoms. The molecule has 5 nitrogen and oxygen atoms in total. The van der Waals surface area contributed by atoms with Gasteiger partial charge < -0.3 is 15.7 Å². The summed E-state index contributed by atoms with van der Waals surface area (Å²) in [5.41, 5.74) is -1.18. The fraction of sp³-hybridized carbons (Fsp3) is 0.833. The highest BCUT2D eigenvalue weighted by Gasteiger charge is 2.35. The van der Waals surface area contributed by atoms with Gasteiger partial charge in [0.2, 0.25) is 0 Å². The van der Waals surface area contributed by atoms with E-state index < -0.39 is 11.5 Å². The molecule has 0 heterocycles. The minimum Gasteiger partial charge on any atom is -0.480 e. The van der Waals surface area contributed by atoms with E-state index >= 15 is 0 Å². The predicted molar refractivity (Wildman–Crippen MR) is 64.8 cm³/mol. The fourth-order valence-corrected chi connectivity index (χ4v) is 1.93. The highest BCUT2D eigenvalue weighted by atomic mass is 16.4. The molecular weight excluding hydrogens is 220 g/mol. The van der Waals surface area contributed by atoms with Crippen LogP contribution in [0, 0.1) is 5.92 Å². The smallest absolute Gasteiger partial charge is 0.329 e. The third-order valence-corrected chi connectivity index (χ3v) is 3.30. The molecule has 2 unspecified atom stereocenters. The fourth-order valence-electron chi connectivity index (χ4n) is 1.93. The van der Waals surface area contributed by atoms with Gasteiger partial charge in [-0.1, -0.05) is 13.3 Å². The predicted octanol–water partition coefficient (Wildman–Crippen LogP) is 1.73. The van der Waals surface area contributed by atoms with E-state index in [2.05, 4.69) is 10.6 Å². The van der Waals surface area contributed by atoms with Crippen LogP contribution in [0.1, 0.15) is 46.5 Å². The van der Waals surface area contributed by atoms with Gasteiger partial charge in [-0.25, -0.2) is 9.59 Å². The Morgan fingerprint density at radius 3 is 2.47 bits per heavy atom. The summed E-state index contributed by atoms with van der Waals surface area (Å²) in [6.07, 6.45) is 3.42. The van der Waals surface area contributed by atoms with Crippen LogP contribution in [0.25, 0.3) is 0 Å². The van der Waals surface area contributed by atoms with Crippen molar-refractivity contribution in [2.45, 2.75) is 58.0 Å². The second kappa shape index (κ2) is 5.38. The summed E-state index contributed by atoms with van der Waals surface area (Å²) in [6.45, 7) is 5.39. The Bertz CT molecular complexity index is 302. The Hall–Kier alpha value is -1.26. The lowest BCUT2D eigenvalue weighted by Crippen LogP contribution is -2.56. The van der Waals surface area contributed by atoms with Crippen molar-refractivity contribution in [1.29, 1.82) is 0 Å². The Morgan fingerprint density at radius 1 is 1.47 bits per heavy atom. The van der Waals surface area contributed by atoms with Gasteiger partial charge in [-0.2, -0.15) is 0 Å². The van der Waals surface area contributed by atoms with E-state index in [1.54, 1.807) is 6.92 Å². The second-order valence-electron chi connectivity index (χ2n) is 5.11. The number of urea groups is 1. The van der Waals surface area contributed by atoms with Crippen LogP contribution in [0.4, 0.5) is 4.79 Å². The SMILES string of the molecule is CCCC(C)(NC(=O)NC(C)C1CC1)C(=O)O.